The third-order valence-corrected chi connectivity index (χ3v) is 2.30. The van der Waals surface area contributed by atoms with Gasteiger partial charge in [-0.1, -0.05) is 13.8 Å². The fourth-order valence-electron chi connectivity index (χ4n) is 1.40. The molecule has 0 bridgehead atoms. The minimum Gasteiger partial charge on any atom is -0.391 e. The highest BCUT2D eigenvalue weighted by molar-refractivity contribution is 5.81. The number of amides is 1. The molecule has 0 aliphatic carbocycles. The molecule has 0 radical (unpaired) electrons. The third kappa shape index (κ3) is 2.40. The van der Waals surface area contributed by atoms with Crippen LogP contribution in [-0.2, 0) is 4.79 Å². The highest BCUT2D eigenvalue weighted by Crippen LogP contribution is 2.15. The Morgan fingerprint density at radius 1 is 1.62 bits per heavy atom. The van der Waals surface area contributed by atoms with E-state index in [0.717, 1.165) is 0 Å². The zero-order chi connectivity index (χ0) is 10.0. The van der Waals surface area contributed by atoms with Gasteiger partial charge in [-0.15, -0.1) is 0 Å². The van der Waals surface area contributed by atoms with Crippen molar-refractivity contribution in [3.05, 3.63) is 0 Å². The maximum absolute atomic E-state index is 13.2. The Morgan fingerprint density at radius 2 is 2.23 bits per heavy atom. The normalized spacial score (nSPS) is 25.3. The third-order valence-electron chi connectivity index (χ3n) is 2.30. The van der Waals surface area contributed by atoms with E-state index in [4.69, 9.17) is 5.11 Å². The highest BCUT2D eigenvalue weighted by atomic mass is 19.1. The minimum absolute atomic E-state index is 0.284. The van der Waals surface area contributed by atoms with Crippen LogP contribution in [0.15, 0.2) is 0 Å². The van der Waals surface area contributed by atoms with E-state index in [1.54, 1.807) is 13.8 Å². The molecule has 76 valence electrons. The molecular weight excluding hydrogens is 173 g/mol. The summed E-state index contributed by atoms with van der Waals surface area (Å²) in [5.74, 6) is -0.767. The van der Waals surface area contributed by atoms with Crippen molar-refractivity contribution in [2.24, 2.45) is 5.92 Å². The van der Waals surface area contributed by atoms with Gasteiger partial charge in [-0.05, 0) is 12.3 Å². The Labute approximate surface area is 77.5 Å². The van der Waals surface area contributed by atoms with Crippen LogP contribution in [0.2, 0.25) is 0 Å². The number of aliphatic hydroxyl groups excluding tert-OH is 1. The number of halogens is 1. The van der Waals surface area contributed by atoms with Crippen molar-refractivity contribution < 1.29 is 14.3 Å². The second-order valence-electron chi connectivity index (χ2n) is 3.87. The number of alkyl halides is 1. The topological polar surface area (TPSA) is 40.5 Å². The molecule has 2 atom stereocenters. The zero-order valence-electron chi connectivity index (χ0n) is 8.03. The molecule has 0 aromatic carbocycles. The standard InChI is InChI=1S/C9H16FNO2/c1-6(2)8(10)9(13)11-4-3-7(12)5-11/h6-8,12H,3-5H2,1-2H3/t7-,8?/m0/s1. The summed E-state index contributed by atoms with van der Waals surface area (Å²) in [5, 5.41) is 9.15. The molecular formula is C9H16FNO2. The summed E-state index contributed by atoms with van der Waals surface area (Å²) >= 11 is 0. The Kier molecular flexibility index (Phi) is 3.25. The Balaban J connectivity index is 2.48. The highest BCUT2D eigenvalue weighted by Gasteiger charge is 2.31. The fraction of sp³-hybridized carbons (Fsp3) is 0.889. The van der Waals surface area contributed by atoms with Crippen LogP contribution in [-0.4, -0.2) is 41.3 Å². The number of hydrogen-bond donors (Lipinski definition) is 1. The number of aliphatic hydroxyl groups is 1. The van der Waals surface area contributed by atoms with Gasteiger partial charge in [0.2, 0.25) is 0 Å². The van der Waals surface area contributed by atoms with Gasteiger partial charge in [-0.25, -0.2) is 4.39 Å². The molecule has 1 heterocycles. The van der Waals surface area contributed by atoms with E-state index in [1.165, 1.54) is 4.90 Å². The zero-order valence-corrected chi connectivity index (χ0v) is 8.03. The summed E-state index contributed by atoms with van der Waals surface area (Å²) in [4.78, 5) is 12.8. The molecule has 1 aliphatic rings. The van der Waals surface area contributed by atoms with Crippen molar-refractivity contribution >= 4 is 5.91 Å². The Bertz CT molecular complexity index is 196. The number of carbonyl (C=O) groups excluding carboxylic acids is 1. The van der Waals surface area contributed by atoms with Gasteiger partial charge in [0.05, 0.1) is 6.10 Å². The SMILES string of the molecule is CC(C)C(F)C(=O)N1CC[C@H](O)C1. The number of carbonyl (C=O) groups is 1. The van der Waals surface area contributed by atoms with Crippen molar-refractivity contribution in [2.45, 2.75) is 32.5 Å². The summed E-state index contributed by atoms with van der Waals surface area (Å²) in [6.07, 6.45) is -1.33. The first-order valence-corrected chi connectivity index (χ1v) is 4.63. The van der Waals surface area contributed by atoms with Crippen LogP contribution in [0.3, 0.4) is 0 Å². The quantitative estimate of drug-likeness (QED) is 0.690. The number of nitrogens with zero attached hydrogens (tertiary/aromatic N) is 1. The molecule has 1 amide bonds. The Hall–Kier alpha value is -0.640. The van der Waals surface area contributed by atoms with E-state index in [0.29, 0.717) is 13.0 Å². The second kappa shape index (κ2) is 4.05. The van der Waals surface area contributed by atoms with Gasteiger partial charge in [-0.3, -0.25) is 4.79 Å². The van der Waals surface area contributed by atoms with Crippen molar-refractivity contribution in [1.82, 2.24) is 4.90 Å². The molecule has 4 heteroatoms. The minimum atomic E-state index is -1.43. The molecule has 0 aromatic heterocycles. The maximum atomic E-state index is 13.2. The van der Waals surface area contributed by atoms with Crippen LogP contribution in [0.1, 0.15) is 20.3 Å². The first kappa shape index (κ1) is 10.4. The van der Waals surface area contributed by atoms with Crippen LogP contribution in [0, 0.1) is 5.92 Å². The molecule has 0 spiro atoms. The molecule has 1 aliphatic heterocycles. The second-order valence-corrected chi connectivity index (χ2v) is 3.87. The lowest BCUT2D eigenvalue weighted by Crippen LogP contribution is -2.38. The van der Waals surface area contributed by atoms with E-state index in [9.17, 15) is 9.18 Å². The molecule has 1 fully saturated rings. The van der Waals surface area contributed by atoms with Gasteiger partial charge >= 0.3 is 0 Å². The summed E-state index contributed by atoms with van der Waals surface area (Å²) in [6.45, 7) is 4.11. The lowest BCUT2D eigenvalue weighted by atomic mass is 10.1. The van der Waals surface area contributed by atoms with E-state index in [2.05, 4.69) is 0 Å². The molecule has 13 heavy (non-hydrogen) atoms. The van der Waals surface area contributed by atoms with Gasteiger partial charge < -0.3 is 10.0 Å². The number of β-amino-alcohol motifs (C(OH)–C–C–N with tert-alkyl or cyclic N) is 1. The monoisotopic (exact) mass is 189 g/mol. The summed E-state index contributed by atoms with van der Waals surface area (Å²) in [5.41, 5.74) is 0. The summed E-state index contributed by atoms with van der Waals surface area (Å²) < 4.78 is 13.2. The molecule has 3 nitrogen and oxygen atoms in total. The fourth-order valence-corrected chi connectivity index (χ4v) is 1.40. The van der Waals surface area contributed by atoms with Crippen molar-refractivity contribution in [1.29, 1.82) is 0 Å². The van der Waals surface area contributed by atoms with Gasteiger partial charge in [0.25, 0.3) is 5.91 Å². The van der Waals surface area contributed by atoms with Crippen LogP contribution in [0.4, 0.5) is 4.39 Å². The number of likely N-dealkylation sites (tertiary alicyclic amines) is 1. The molecule has 1 rings (SSSR count). The van der Waals surface area contributed by atoms with Gasteiger partial charge in [0.15, 0.2) is 6.17 Å². The summed E-state index contributed by atoms with van der Waals surface area (Å²) in [6, 6.07) is 0. The van der Waals surface area contributed by atoms with Crippen molar-refractivity contribution in [3.8, 4) is 0 Å². The van der Waals surface area contributed by atoms with E-state index >= 15 is 0 Å². The van der Waals surface area contributed by atoms with Crippen LogP contribution in [0.25, 0.3) is 0 Å². The van der Waals surface area contributed by atoms with Gasteiger partial charge in [0, 0.05) is 13.1 Å². The molecule has 1 saturated heterocycles. The lowest BCUT2D eigenvalue weighted by molar-refractivity contribution is -0.137. The van der Waals surface area contributed by atoms with E-state index < -0.39 is 18.2 Å². The molecule has 1 N–H and O–H groups in total. The summed E-state index contributed by atoms with van der Waals surface area (Å²) in [7, 11) is 0. The first-order valence-electron chi connectivity index (χ1n) is 4.63. The smallest absolute Gasteiger partial charge is 0.257 e. The average molecular weight is 189 g/mol. The van der Waals surface area contributed by atoms with Crippen LogP contribution in [0.5, 0.6) is 0 Å². The van der Waals surface area contributed by atoms with E-state index in [-0.39, 0.29) is 12.5 Å². The number of rotatable bonds is 2. The van der Waals surface area contributed by atoms with Crippen molar-refractivity contribution in [2.75, 3.05) is 13.1 Å². The van der Waals surface area contributed by atoms with Crippen LogP contribution < -0.4 is 0 Å². The Morgan fingerprint density at radius 3 is 2.62 bits per heavy atom. The molecule has 1 unspecified atom stereocenters. The maximum Gasteiger partial charge on any atom is 0.257 e. The van der Waals surface area contributed by atoms with Crippen molar-refractivity contribution in [3.63, 3.8) is 0 Å². The largest absolute Gasteiger partial charge is 0.391 e. The predicted molar refractivity (Wildman–Crippen MR) is 46.9 cm³/mol. The van der Waals surface area contributed by atoms with Gasteiger partial charge in [0.1, 0.15) is 0 Å². The lowest BCUT2D eigenvalue weighted by Gasteiger charge is -2.19. The predicted octanol–water partition coefficient (Wildman–Crippen LogP) is 0.574. The molecule has 0 aromatic rings. The number of hydrogen-bond acceptors (Lipinski definition) is 2. The average Bonchev–Trinajstić information content (AvgIpc) is 2.49. The first-order chi connectivity index (χ1) is 6.02. The van der Waals surface area contributed by atoms with E-state index in [1.807, 2.05) is 0 Å². The molecule has 0 saturated carbocycles. The van der Waals surface area contributed by atoms with Crippen LogP contribution >= 0.6 is 0 Å². The van der Waals surface area contributed by atoms with Gasteiger partial charge in [-0.2, -0.15) is 0 Å².